The van der Waals surface area contributed by atoms with Crippen LogP contribution in [-0.4, -0.2) is 61.5 Å². The van der Waals surface area contributed by atoms with Gasteiger partial charge in [0.2, 0.25) is 5.91 Å². The van der Waals surface area contributed by atoms with E-state index in [1.807, 2.05) is 17.5 Å². The maximum Gasteiger partial charge on any atom is 0.225 e. The third-order valence-electron chi connectivity index (χ3n) is 3.80. The molecule has 0 spiro atoms. The number of rotatable bonds is 7. The van der Waals surface area contributed by atoms with Crippen LogP contribution in [-0.2, 0) is 11.2 Å². The van der Waals surface area contributed by atoms with Crippen LogP contribution in [0.5, 0.6) is 0 Å². The van der Waals surface area contributed by atoms with Gasteiger partial charge in [0.05, 0.1) is 6.42 Å². The van der Waals surface area contributed by atoms with Crippen molar-refractivity contribution in [3.8, 4) is 0 Å². The van der Waals surface area contributed by atoms with Crippen LogP contribution in [0.1, 0.15) is 18.2 Å². The number of hydrogen-bond acceptors (Lipinski definition) is 4. The van der Waals surface area contributed by atoms with Gasteiger partial charge in [-0.2, -0.15) is 0 Å². The molecule has 1 fully saturated rings. The molecule has 1 amide bonds. The van der Waals surface area contributed by atoms with E-state index in [0.29, 0.717) is 6.42 Å². The normalized spacial score (nSPS) is 17.2. The molecule has 0 unspecified atom stereocenters. The predicted octanol–water partition coefficient (Wildman–Crippen LogP) is 1.43. The van der Waals surface area contributed by atoms with Crippen molar-refractivity contribution in [1.29, 1.82) is 0 Å². The van der Waals surface area contributed by atoms with Crippen molar-refractivity contribution in [3.63, 3.8) is 0 Å². The average molecular weight is 295 g/mol. The van der Waals surface area contributed by atoms with Crippen molar-refractivity contribution in [2.75, 3.05) is 45.8 Å². The first-order chi connectivity index (χ1) is 9.78. The van der Waals surface area contributed by atoms with Gasteiger partial charge in [-0.15, -0.1) is 11.3 Å². The highest BCUT2D eigenvalue weighted by Crippen LogP contribution is 2.08. The molecule has 0 aromatic carbocycles. The van der Waals surface area contributed by atoms with Crippen molar-refractivity contribution < 1.29 is 4.79 Å². The standard InChI is InChI=1S/C15H25N3OS/c1-2-17-8-10-18(11-9-17)7-4-6-16-15(19)13-14-5-3-12-20-14/h3,5,12H,2,4,6-11,13H2,1H3,(H,16,19). The highest BCUT2D eigenvalue weighted by Gasteiger charge is 2.14. The molecular weight excluding hydrogens is 270 g/mol. The van der Waals surface area contributed by atoms with Crippen LogP contribution in [0, 0.1) is 0 Å². The second-order valence-corrected chi connectivity index (χ2v) is 6.27. The number of carbonyl (C=O) groups is 1. The molecule has 0 bridgehead atoms. The fourth-order valence-electron chi connectivity index (χ4n) is 2.49. The van der Waals surface area contributed by atoms with E-state index in [2.05, 4.69) is 22.0 Å². The fourth-order valence-corrected chi connectivity index (χ4v) is 3.20. The first kappa shape index (κ1) is 15.5. The minimum atomic E-state index is 0.142. The lowest BCUT2D eigenvalue weighted by molar-refractivity contribution is -0.120. The molecule has 1 aromatic heterocycles. The Bertz CT molecular complexity index is 386. The number of amides is 1. The molecule has 2 rings (SSSR count). The molecule has 0 saturated carbocycles. The van der Waals surface area contributed by atoms with Gasteiger partial charge in [-0.05, 0) is 31.0 Å². The van der Waals surface area contributed by atoms with E-state index in [-0.39, 0.29) is 5.91 Å². The molecule has 0 radical (unpaired) electrons. The number of likely N-dealkylation sites (N-methyl/N-ethyl adjacent to an activating group) is 1. The number of nitrogens with one attached hydrogen (secondary N) is 1. The number of piperazine rings is 1. The Hall–Kier alpha value is -0.910. The Balaban J connectivity index is 1.52. The summed E-state index contributed by atoms with van der Waals surface area (Å²) in [4.78, 5) is 17.8. The lowest BCUT2D eigenvalue weighted by atomic mass is 10.3. The highest BCUT2D eigenvalue weighted by atomic mass is 32.1. The summed E-state index contributed by atoms with van der Waals surface area (Å²) in [6, 6.07) is 4.00. The molecule has 1 aliphatic rings. The molecule has 1 saturated heterocycles. The van der Waals surface area contributed by atoms with E-state index >= 15 is 0 Å². The summed E-state index contributed by atoms with van der Waals surface area (Å²) in [5.41, 5.74) is 0. The van der Waals surface area contributed by atoms with Crippen molar-refractivity contribution in [2.45, 2.75) is 19.8 Å². The van der Waals surface area contributed by atoms with Gasteiger partial charge in [-0.25, -0.2) is 0 Å². The first-order valence-electron chi connectivity index (χ1n) is 7.51. The fraction of sp³-hybridized carbons (Fsp3) is 0.667. The van der Waals surface area contributed by atoms with E-state index in [0.717, 1.165) is 44.0 Å². The highest BCUT2D eigenvalue weighted by molar-refractivity contribution is 7.10. The summed E-state index contributed by atoms with van der Waals surface area (Å²) in [5.74, 6) is 0.142. The van der Waals surface area contributed by atoms with Gasteiger partial charge in [0.15, 0.2) is 0 Å². The van der Waals surface area contributed by atoms with Crippen molar-refractivity contribution in [3.05, 3.63) is 22.4 Å². The van der Waals surface area contributed by atoms with Crippen molar-refractivity contribution >= 4 is 17.2 Å². The number of thiophene rings is 1. The molecule has 1 aromatic rings. The second-order valence-electron chi connectivity index (χ2n) is 5.24. The largest absolute Gasteiger partial charge is 0.356 e. The minimum Gasteiger partial charge on any atom is -0.356 e. The monoisotopic (exact) mass is 295 g/mol. The lowest BCUT2D eigenvalue weighted by Gasteiger charge is -2.33. The molecule has 112 valence electrons. The third-order valence-corrected chi connectivity index (χ3v) is 4.68. The zero-order valence-corrected chi connectivity index (χ0v) is 13.1. The van der Waals surface area contributed by atoms with E-state index in [1.54, 1.807) is 11.3 Å². The van der Waals surface area contributed by atoms with Gasteiger partial charge in [-0.3, -0.25) is 4.79 Å². The van der Waals surface area contributed by atoms with Crippen LogP contribution in [0.3, 0.4) is 0 Å². The van der Waals surface area contributed by atoms with E-state index in [1.165, 1.54) is 13.1 Å². The van der Waals surface area contributed by atoms with Gasteiger partial charge in [0.1, 0.15) is 0 Å². The Labute approximate surface area is 125 Å². The van der Waals surface area contributed by atoms with Crippen LogP contribution in [0.2, 0.25) is 0 Å². The zero-order valence-electron chi connectivity index (χ0n) is 12.3. The molecule has 20 heavy (non-hydrogen) atoms. The minimum absolute atomic E-state index is 0.142. The second kappa shape index (κ2) is 8.39. The molecule has 2 heterocycles. The maximum absolute atomic E-state index is 11.7. The van der Waals surface area contributed by atoms with Gasteiger partial charge in [-0.1, -0.05) is 13.0 Å². The summed E-state index contributed by atoms with van der Waals surface area (Å²) >= 11 is 1.64. The topological polar surface area (TPSA) is 35.6 Å². The first-order valence-corrected chi connectivity index (χ1v) is 8.39. The predicted molar refractivity (Wildman–Crippen MR) is 84.2 cm³/mol. The van der Waals surface area contributed by atoms with Crippen LogP contribution in [0.25, 0.3) is 0 Å². The van der Waals surface area contributed by atoms with Crippen molar-refractivity contribution in [2.24, 2.45) is 0 Å². The molecule has 0 atom stereocenters. The number of carbonyl (C=O) groups excluding carboxylic acids is 1. The quantitative estimate of drug-likeness (QED) is 0.773. The zero-order chi connectivity index (χ0) is 14.2. The summed E-state index contributed by atoms with van der Waals surface area (Å²) in [5, 5.41) is 5.02. The molecule has 1 aliphatic heterocycles. The maximum atomic E-state index is 11.7. The van der Waals surface area contributed by atoms with Crippen LogP contribution in [0.4, 0.5) is 0 Å². The van der Waals surface area contributed by atoms with Gasteiger partial charge >= 0.3 is 0 Å². The Kier molecular flexibility index (Phi) is 6.50. The molecule has 5 heteroatoms. The lowest BCUT2D eigenvalue weighted by Crippen LogP contribution is -2.46. The SMILES string of the molecule is CCN1CCN(CCCNC(=O)Cc2cccs2)CC1. The molecular formula is C15H25N3OS. The third kappa shape index (κ3) is 5.23. The van der Waals surface area contributed by atoms with Crippen LogP contribution >= 0.6 is 11.3 Å². The Morgan fingerprint density at radius 2 is 2.05 bits per heavy atom. The Morgan fingerprint density at radius 3 is 2.70 bits per heavy atom. The Morgan fingerprint density at radius 1 is 1.30 bits per heavy atom. The molecule has 4 nitrogen and oxygen atoms in total. The summed E-state index contributed by atoms with van der Waals surface area (Å²) in [6.45, 7) is 9.96. The van der Waals surface area contributed by atoms with Gasteiger partial charge < -0.3 is 15.1 Å². The van der Waals surface area contributed by atoms with Crippen molar-refractivity contribution in [1.82, 2.24) is 15.1 Å². The van der Waals surface area contributed by atoms with Crippen LogP contribution in [0.15, 0.2) is 17.5 Å². The molecule has 1 N–H and O–H groups in total. The summed E-state index contributed by atoms with van der Waals surface area (Å²) < 4.78 is 0. The van der Waals surface area contributed by atoms with E-state index in [4.69, 9.17) is 0 Å². The van der Waals surface area contributed by atoms with Gasteiger partial charge in [0.25, 0.3) is 0 Å². The summed E-state index contributed by atoms with van der Waals surface area (Å²) in [6.07, 6.45) is 1.56. The number of hydrogen-bond donors (Lipinski definition) is 1. The summed E-state index contributed by atoms with van der Waals surface area (Å²) in [7, 11) is 0. The smallest absolute Gasteiger partial charge is 0.225 e. The number of nitrogens with zero attached hydrogens (tertiary/aromatic N) is 2. The van der Waals surface area contributed by atoms with Gasteiger partial charge in [0, 0.05) is 37.6 Å². The van der Waals surface area contributed by atoms with Crippen LogP contribution < -0.4 is 5.32 Å². The van der Waals surface area contributed by atoms with E-state index in [9.17, 15) is 4.79 Å². The molecule has 0 aliphatic carbocycles. The average Bonchev–Trinajstić information content (AvgIpc) is 2.97. The van der Waals surface area contributed by atoms with E-state index < -0.39 is 0 Å².